The highest BCUT2D eigenvalue weighted by Crippen LogP contribution is 2.39. The van der Waals surface area contributed by atoms with Crippen molar-refractivity contribution in [3.8, 4) is 11.5 Å². The predicted octanol–water partition coefficient (Wildman–Crippen LogP) is 5.79. The van der Waals surface area contributed by atoms with E-state index >= 15 is 0 Å². The van der Waals surface area contributed by atoms with Crippen molar-refractivity contribution >= 4 is 32.9 Å². The molecule has 0 unspecified atom stereocenters. The Morgan fingerprint density at radius 1 is 0.667 bits per heavy atom. The van der Waals surface area contributed by atoms with E-state index in [9.17, 15) is 18.6 Å². The third-order valence-electron chi connectivity index (χ3n) is 4.24. The maximum Gasteiger partial charge on any atom is 0.294 e. The van der Waals surface area contributed by atoms with E-state index in [0.717, 1.165) is 17.2 Å². The van der Waals surface area contributed by atoms with E-state index in [1.807, 2.05) is 26.0 Å². The molecule has 0 aliphatic carbocycles. The van der Waals surface area contributed by atoms with Gasteiger partial charge in [0.25, 0.3) is 10.1 Å². The number of aryl methyl sites for hydroxylation is 2. The van der Waals surface area contributed by atoms with Crippen LogP contribution in [0.3, 0.4) is 0 Å². The highest BCUT2D eigenvalue weighted by molar-refractivity contribution is 7.85. The zero-order chi connectivity index (χ0) is 21.9. The average Bonchev–Trinajstić information content (AvgIpc) is 2.69. The number of phenolic OH excluding ortho intramolecular Hbond substituents is 2. The van der Waals surface area contributed by atoms with Crippen LogP contribution >= 0.6 is 0 Å². The van der Waals surface area contributed by atoms with Crippen molar-refractivity contribution in [2.24, 2.45) is 20.5 Å². The number of phenols is 2. The molecule has 3 aromatic rings. The van der Waals surface area contributed by atoms with Crippen LogP contribution in [-0.4, -0.2) is 23.2 Å². The molecule has 0 heterocycles. The van der Waals surface area contributed by atoms with E-state index in [1.54, 1.807) is 6.07 Å². The molecular formula is C20H18N4O5S. The van der Waals surface area contributed by atoms with Crippen LogP contribution in [0.15, 0.2) is 79.9 Å². The van der Waals surface area contributed by atoms with Gasteiger partial charge in [0.05, 0.1) is 16.3 Å². The average molecular weight is 426 g/mol. The summed E-state index contributed by atoms with van der Waals surface area (Å²) in [5.74, 6) is -0.604. The largest absolute Gasteiger partial charge is 0.505 e. The standard InChI is InChI=1S/C20H18N4O5S/c1-12-3-4-15(9-13(12)2)22-24-18-10-17(19(25)11-20(18)26)23-21-14-5-7-16(8-6-14)30(27,28)29/h3-11,25-26H,1-2H3,(H,27,28,29). The summed E-state index contributed by atoms with van der Waals surface area (Å²) >= 11 is 0. The first-order chi connectivity index (χ1) is 14.1. The van der Waals surface area contributed by atoms with Crippen LogP contribution in [0.1, 0.15) is 11.1 Å². The van der Waals surface area contributed by atoms with Crippen molar-refractivity contribution in [3.05, 3.63) is 65.7 Å². The Kier molecular flexibility index (Phi) is 5.90. The van der Waals surface area contributed by atoms with Gasteiger partial charge in [-0.05, 0) is 61.4 Å². The lowest BCUT2D eigenvalue weighted by atomic mass is 10.1. The molecule has 0 amide bonds. The van der Waals surface area contributed by atoms with Crippen molar-refractivity contribution in [2.75, 3.05) is 0 Å². The number of benzene rings is 3. The molecule has 0 bridgehead atoms. The molecule has 0 fully saturated rings. The molecule has 0 aromatic heterocycles. The van der Waals surface area contributed by atoms with Crippen molar-refractivity contribution in [1.29, 1.82) is 0 Å². The minimum atomic E-state index is -4.30. The second kappa shape index (κ2) is 8.39. The molecule has 154 valence electrons. The minimum absolute atomic E-state index is 0.0284. The normalized spacial score (nSPS) is 12.1. The monoisotopic (exact) mass is 426 g/mol. The number of aromatic hydroxyl groups is 2. The van der Waals surface area contributed by atoms with Crippen molar-refractivity contribution in [2.45, 2.75) is 18.7 Å². The second-order valence-electron chi connectivity index (χ2n) is 6.47. The molecule has 30 heavy (non-hydrogen) atoms. The molecule has 0 spiro atoms. The van der Waals surface area contributed by atoms with Gasteiger partial charge in [0, 0.05) is 12.1 Å². The molecule has 0 atom stereocenters. The van der Waals surface area contributed by atoms with Gasteiger partial charge in [-0.15, -0.1) is 10.2 Å². The molecule has 0 aliphatic heterocycles. The lowest BCUT2D eigenvalue weighted by molar-refractivity contribution is 0.452. The summed E-state index contributed by atoms with van der Waals surface area (Å²) < 4.78 is 31.1. The lowest BCUT2D eigenvalue weighted by Gasteiger charge is -2.03. The highest BCUT2D eigenvalue weighted by atomic mass is 32.2. The lowest BCUT2D eigenvalue weighted by Crippen LogP contribution is -1.96. The number of hydrogen-bond donors (Lipinski definition) is 3. The van der Waals surface area contributed by atoms with Crippen molar-refractivity contribution < 1.29 is 23.2 Å². The number of hydrogen-bond acceptors (Lipinski definition) is 8. The summed E-state index contributed by atoms with van der Waals surface area (Å²) in [6, 6.07) is 13.0. The number of nitrogens with zero attached hydrogens (tertiary/aromatic N) is 4. The Balaban J connectivity index is 1.86. The molecule has 10 heteroatoms. The maximum atomic E-state index is 11.1. The molecule has 3 rings (SSSR count). The Morgan fingerprint density at radius 2 is 1.20 bits per heavy atom. The Bertz CT molecular complexity index is 1250. The third kappa shape index (κ3) is 5.04. The van der Waals surface area contributed by atoms with Crippen LogP contribution in [0.4, 0.5) is 22.7 Å². The van der Waals surface area contributed by atoms with Gasteiger partial charge in [-0.3, -0.25) is 4.55 Å². The van der Waals surface area contributed by atoms with Gasteiger partial charge in [0.1, 0.15) is 22.9 Å². The Labute approximate surface area is 172 Å². The maximum absolute atomic E-state index is 11.1. The zero-order valence-electron chi connectivity index (χ0n) is 16.1. The van der Waals surface area contributed by atoms with E-state index in [2.05, 4.69) is 20.5 Å². The van der Waals surface area contributed by atoms with E-state index in [0.29, 0.717) is 5.69 Å². The zero-order valence-corrected chi connectivity index (χ0v) is 16.9. The van der Waals surface area contributed by atoms with Crippen LogP contribution in [0.25, 0.3) is 0 Å². The quantitative estimate of drug-likeness (QED) is 0.349. The van der Waals surface area contributed by atoms with Crippen LogP contribution < -0.4 is 0 Å². The summed E-state index contributed by atoms with van der Waals surface area (Å²) in [4.78, 5) is -0.275. The molecule has 0 radical (unpaired) electrons. The van der Waals surface area contributed by atoms with Gasteiger partial charge in [-0.2, -0.15) is 18.6 Å². The van der Waals surface area contributed by atoms with Gasteiger partial charge in [0.15, 0.2) is 0 Å². The molecule has 0 aliphatic rings. The number of azo groups is 2. The molecule has 0 saturated carbocycles. The van der Waals surface area contributed by atoms with Crippen molar-refractivity contribution in [3.63, 3.8) is 0 Å². The summed E-state index contributed by atoms with van der Waals surface area (Å²) in [6.45, 7) is 3.93. The molecular weight excluding hydrogens is 408 g/mol. The van der Waals surface area contributed by atoms with E-state index in [1.165, 1.54) is 30.3 Å². The molecule has 3 N–H and O–H groups in total. The van der Waals surface area contributed by atoms with Crippen LogP contribution in [0.5, 0.6) is 11.5 Å². The first kappa shape index (κ1) is 21.1. The van der Waals surface area contributed by atoms with E-state index in [4.69, 9.17) is 4.55 Å². The Hall–Kier alpha value is -3.63. The van der Waals surface area contributed by atoms with E-state index < -0.39 is 10.1 Å². The summed E-state index contributed by atoms with van der Waals surface area (Å²) in [5.41, 5.74) is 3.17. The van der Waals surface area contributed by atoms with Crippen LogP contribution in [0, 0.1) is 13.8 Å². The SMILES string of the molecule is Cc1ccc(N=Nc2cc(N=Nc3ccc(S(=O)(=O)O)cc3)c(O)cc2O)cc1C. The van der Waals surface area contributed by atoms with Crippen LogP contribution in [0.2, 0.25) is 0 Å². The van der Waals surface area contributed by atoms with Crippen molar-refractivity contribution in [1.82, 2.24) is 0 Å². The van der Waals surface area contributed by atoms with Gasteiger partial charge < -0.3 is 10.2 Å². The fourth-order valence-electron chi connectivity index (χ4n) is 2.41. The summed E-state index contributed by atoms with van der Waals surface area (Å²) in [6.07, 6.45) is 0. The molecule has 0 saturated heterocycles. The molecule has 3 aromatic carbocycles. The highest BCUT2D eigenvalue weighted by Gasteiger charge is 2.10. The first-order valence-corrected chi connectivity index (χ1v) is 10.1. The third-order valence-corrected chi connectivity index (χ3v) is 5.11. The molecule has 9 nitrogen and oxygen atoms in total. The summed E-state index contributed by atoms with van der Waals surface area (Å²) in [7, 11) is -4.30. The van der Waals surface area contributed by atoms with Gasteiger partial charge in [-0.25, -0.2) is 0 Å². The smallest absolute Gasteiger partial charge is 0.294 e. The fraction of sp³-hybridized carbons (Fsp3) is 0.100. The second-order valence-corrected chi connectivity index (χ2v) is 7.89. The van der Waals surface area contributed by atoms with Crippen LogP contribution in [-0.2, 0) is 10.1 Å². The predicted molar refractivity (Wildman–Crippen MR) is 110 cm³/mol. The van der Waals surface area contributed by atoms with Gasteiger partial charge in [-0.1, -0.05) is 6.07 Å². The Morgan fingerprint density at radius 3 is 1.73 bits per heavy atom. The van der Waals surface area contributed by atoms with E-state index in [-0.39, 0.29) is 33.5 Å². The van der Waals surface area contributed by atoms with Gasteiger partial charge >= 0.3 is 0 Å². The minimum Gasteiger partial charge on any atom is -0.505 e. The number of rotatable bonds is 5. The first-order valence-electron chi connectivity index (χ1n) is 8.68. The summed E-state index contributed by atoms with van der Waals surface area (Å²) in [5, 5.41) is 35.9. The topological polar surface area (TPSA) is 144 Å². The fourth-order valence-corrected chi connectivity index (χ4v) is 2.89. The van der Waals surface area contributed by atoms with Gasteiger partial charge in [0.2, 0.25) is 0 Å².